The molecule has 0 aromatic heterocycles. The van der Waals surface area contributed by atoms with Crippen LogP contribution in [0.3, 0.4) is 0 Å². The minimum Gasteiger partial charge on any atom is -0.352 e. The number of carbonyl (C=O) groups is 1. The quantitative estimate of drug-likeness (QED) is 0.790. The van der Waals surface area contributed by atoms with Gasteiger partial charge in [0.15, 0.2) is 0 Å². The van der Waals surface area contributed by atoms with E-state index in [1.54, 1.807) is 0 Å². The number of hydrogen-bond acceptors (Lipinski definition) is 1. The van der Waals surface area contributed by atoms with Gasteiger partial charge in [0.2, 0.25) is 0 Å². The van der Waals surface area contributed by atoms with Gasteiger partial charge in [-0.2, -0.15) is 0 Å². The van der Waals surface area contributed by atoms with Crippen molar-refractivity contribution in [1.29, 1.82) is 0 Å². The summed E-state index contributed by atoms with van der Waals surface area (Å²) in [4.78, 5) is 11.8. The molecule has 94 valence electrons. The van der Waals surface area contributed by atoms with Crippen molar-refractivity contribution in [3.63, 3.8) is 0 Å². The van der Waals surface area contributed by atoms with E-state index in [4.69, 9.17) is 0 Å². The normalized spacial score (nSPS) is 10.6. The molecule has 0 saturated carbocycles. The Morgan fingerprint density at radius 1 is 1.29 bits per heavy atom. The van der Waals surface area contributed by atoms with E-state index in [1.165, 1.54) is 12.8 Å². The molecule has 0 aliphatic heterocycles. The number of hydrogen-bond donors (Lipinski definition) is 1. The molecule has 0 aliphatic carbocycles. The molecule has 0 saturated heterocycles. The van der Waals surface area contributed by atoms with Gasteiger partial charge in [-0.3, -0.25) is 4.79 Å². The van der Waals surface area contributed by atoms with E-state index in [1.807, 2.05) is 24.3 Å². The maximum atomic E-state index is 11.8. The second-order valence-corrected chi connectivity index (χ2v) is 5.48. The van der Waals surface area contributed by atoms with Gasteiger partial charge in [0, 0.05) is 11.0 Å². The van der Waals surface area contributed by atoms with Crippen LogP contribution in [0.4, 0.5) is 0 Å². The molecular weight excluding hydrogens is 278 g/mol. The standard InChI is InChI=1S/C14H20BrNO/c1-11(2)7-5-6-10-16-14(17)12-8-3-4-9-13(12)15/h3-4,8-9,11H,5-7,10H2,1-2H3,(H,16,17). The molecule has 1 rings (SSSR count). The van der Waals surface area contributed by atoms with Crippen LogP contribution in [-0.2, 0) is 0 Å². The number of rotatable bonds is 6. The second-order valence-electron chi connectivity index (χ2n) is 4.63. The van der Waals surface area contributed by atoms with Gasteiger partial charge in [-0.15, -0.1) is 0 Å². The van der Waals surface area contributed by atoms with E-state index in [2.05, 4.69) is 35.1 Å². The van der Waals surface area contributed by atoms with Crippen LogP contribution in [-0.4, -0.2) is 12.5 Å². The monoisotopic (exact) mass is 297 g/mol. The lowest BCUT2D eigenvalue weighted by atomic mass is 10.1. The van der Waals surface area contributed by atoms with E-state index in [9.17, 15) is 4.79 Å². The van der Waals surface area contributed by atoms with Crippen molar-refractivity contribution in [1.82, 2.24) is 5.32 Å². The Morgan fingerprint density at radius 3 is 2.65 bits per heavy atom. The summed E-state index contributed by atoms with van der Waals surface area (Å²) in [6, 6.07) is 7.49. The molecule has 0 fully saturated rings. The highest BCUT2D eigenvalue weighted by molar-refractivity contribution is 9.10. The molecule has 0 spiro atoms. The average molecular weight is 298 g/mol. The van der Waals surface area contributed by atoms with Crippen molar-refractivity contribution in [3.05, 3.63) is 34.3 Å². The summed E-state index contributed by atoms with van der Waals surface area (Å²) in [5, 5.41) is 2.94. The van der Waals surface area contributed by atoms with E-state index in [0.29, 0.717) is 5.56 Å². The highest BCUT2D eigenvalue weighted by atomic mass is 79.9. The molecule has 0 aliphatic rings. The number of unbranched alkanes of at least 4 members (excludes halogenated alkanes) is 1. The zero-order valence-corrected chi connectivity index (χ0v) is 12.1. The molecule has 0 bridgehead atoms. The Kier molecular flexibility index (Phi) is 6.27. The van der Waals surface area contributed by atoms with Crippen LogP contribution in [0.1, 0.15) is 43.5 Å². The lowest BCUT2D eigenvalue weighted by molar-refractivity contribution is 0.0952. The minimum atomic E-state index is 0.00187. The lowest BCUT2D eigenvalue weighted by Gasteiger charge is -2.07. The van der Waals surface area contributed by atoms with Crippen LogP contribution in [0.2, 0.25) is 0 Å². The van der Waals surface area contributed by atoms with Gasteiger partial charge in [0.25, 0.3) is 5.91 Å². The average Bonchev–Trinajstić information content (AvgIpc) is 2.28. The topological polar surface area (TPSA) is 29.1 Å². The summed E-state index contributed by atoms with van der Waals surface area (Å²) in [5.74, 6) is 0.746. The first-order valence-corrected chi connectivity index (χ1v) is 6.93. The van der Waals surface area contributed by atoms with E-state index in [0.717, 1.165) is 23.4 Å². The molecule has 0 radical (unpaired) electrons. The molecule has 17 heavy (non-hydrogen) atoms. The number of carbonyl (C=O) groups excluding carboxylic acids is 1. The number of amides is 1. The highest BCUT2D eigenvalue weighted by Crippen LogP contribution is 2.15. The molecule has 3 heteroatoms. The third-order valence-electron chi connectivity index (χ3n) is 2.61. The third-order valence-corrected chi connectivity index (χ3v) is 3.30. The molecule has 0 atom stereocenters. The first-order chi connectivity index (χ1) is 8.11. The first-order valence-electron chi connectivity index (χ1n) is 6.14. The van der Waals surface area contributed by atoms with Crippen molar-refractivity contribution in [3.8, 4) is 0 Å². The van der Waals surface area contributed by atoms with Gasteiger partial charge in [0.1, 0.15) is 0 Å². The Morgan fingerprint density at radius 2 is 2.00 bits per heavy atom. The van der Waals surface area contributed by atoms with Crippen molar-refractivity contribution < 1.29 is 4.79 Å². The van der Waals surface area contributed by atoms with Gasteiger partial charge >= 0.3 is 0 Å². The maximum absolute atomic E-state index is 11.8. The number of halogens is 1. The fraction of sp³-hybridized carbons (Fsp3) is 0.500. The number of benzene rings is 1. The predicted molar refractivity (Wildman–Crippen MR) is 75.2 cm³/mol. The minimum absolute atomic E-state index is 0.00187. The van der Waals surface area contributed by atoms with Crippen LogP contribution < -0.4 is 5.32 Å². The smallest absolute Gasteiger partial charge is 0.252 e. The van der Waals surface area contributed by atoms with E-state index >= 15 is 0 Å². The van der Waals surface area contributed by atoms with Crippen LogP contribution in [0, 0.1) is 5.92 Å². The molecule has 1 amide bonds. The largest absolute Gasteiger partial charge is 0.352 e. The van der Waals surface area contributed by atoms with Crippen molar-refractivity contribution in [2.75, 3.05) is 6.54 Å². The van der Waals surface area contributed by atoms with Crippen LogP contribution in [0.25, 0.3) is 0 Å². The Hall–Kier alpha value is -0.830. The van der Waals surface area contributed by atoms with Gasteiger partial charge in [0.05, 0.1) is 5.56 Å². The molecule has 1 aromatic rings. The second kappa shape index (κ2) is 7.49. The molecule has 0 unspecified atom stereocenters. The summed E-state index contributed by atoms with van der Waals surface area (Å²) in [6.07, 6.45) is 3.45. The van der Waals surface area contributed by atoms with Crippen LogP contribution in [0.5, 0.6) is 0 Å². The summed E-state index contributed by atoms with van der Waals surface area (Å²) >= 11 is 3.38. The summed E-state index contributed by atoms with van der Waals surface area (Å²) in [7, 11) is 0. The van der Waals surface area contributed by atoms with Gasteiger partial charge in [-0.05, 0) is 40.4 Å². The lowest BCUT2D eigenvalue weighted by Crippen LogP contribution is -2.24. The Balaban J connectivity index is 2.29. The summed E-state index contributed by atoms with van der Waals surface area (Å²) < 4.78 is 0.847. The van der Waals surface area contributed by atoms with Gasteiger partial charge < -0.3 is 5.32 Å². The Labute approximate surface area is 112 Å². The zero-order chi connectivity index (χ0) is 12.7. The van der Waals surface area contributed by atoms with Crippen molar-refractivity contribution >= 4 is 21.8 Å². The summed E-state index contributed by atoms with van der Waals surface area (Å²) in [6.45, 7) is 5.20. The zero-order valence-electron chi connectivity index (χ0n) is 10.5. The predicted octanol–water partition coefficient (Wildman–Crippen LogP) is 4.01. The summed E-state index contributed by atoms with van der Waals surface area (Å²) in [5.41, 5.74) is 0.705. The van der Waals surface area contributed by atoms with E-state index in [-0.39, 0.29) is 5.91 Å². The third kappa shape index (κ3) is 5.35. The molecule has 0 heterocycles. The van der Waals surface area contributed by atoms with Crippen LogP contribution >= 0.6 is 15.9 Å². The first kappa shape index (κ1) is 14.2. The van der Waals surface area contributed by atoms with Gasteiger partial charge in [-0.25, -0.2) is 0 Å². The molecular formula is C14H20BrNO. The van der Waals surface area contributed by atoms with E-state index < -0.39 is 0 Å². The van der Waals surface area contributed by atoms with Crippen LogP contribution in [0.15, 0.2) is 28.7 Å². The fourth-order valence-corrected chi connectivity index (χ4v) is 2.08. The SMILES string of the molecule is CC(C)CCCCNC(=O)c1ccccc1Br. The van der Waals surface area contributed by atoms with Gasteiger partial charge in [-0.1, -0.05) is 38.8 Å². The Bertz CT molecular complexity index is 363. The molecule has 1 N–H and O–H groups in total. The molecule has 1 aromatic carbocycles. The van der Waals surface area contributed by atoms with Crippen molar-refractivity contribution in [2.45, 2.75) is 33.1 Å². The number of nitrogens with one attached hydrogen (secondary N) is 1. The van der Waals surface area contributed by atoms with Crippen molar-refractivity contribution in [2.24, 2.45) is 5.92 Å². The molecule has 2 nitrogen and oxygen atoms in total. The highest BCUT2D eigenvalue weighted by Gasteiger charge is 2.07. The fourth-order valence-electron chi connectivity index (χ4n) is 1.62. The maximum Gasteiger partial charge on any atom is 0.252 e.